The topological polar surface area (TPSA) is 91.5 Å². The minimum absolute atomic E-state index is 0.236. The highest BCUT2D eigenvalue weighted by atomic mass is 16.5. The SMILES string of the molecule is CCN(CC)CCOc1cc(NC(=O)c2n[nH]c3c2CNCC3)ccc1OC. The van der Waals surface area contributed by atoms with Crippen LogP contribution in [-0.4, -0.2) is 60.9 Å². The van der Waals surface area contributed by atoms with Gasteiger partial charge in [0.2, 0.25) is 0 Å². The average molecular weight is 387 g/mol. The Morgan fingerprint density at radius 3 is 2.86 bits per heavy atom. The van der Waals surface area contributed by atoms with Crippen molar-refractivity contribution in [1.82, 2.24) is 20.4 Å². The predicted molar refractivity (Wildman–Crippen MR) is 108 cm³/mol. The lowest BCUT2D eigenvalue weighted by molar-refractivity contribution is 0.102. The Balaban J connectivity index is 1.68. The fourth-order valence-corrected chi connectivity index (χ4v) is 3.30. The number of rotatable bonds is 9. The van der Waals surface area contributed by atoms with Crippen LogP contribution in [0, 0.1) is 0 Å². The lowest BCUT2D eigenvalue weighted by atomic mass is 10.1. The third-order valence-corrected chi connectivity index (χ3v) is 5.00. The van der Waals surface area contributed by atoms with Gasteiger partial charge in [0.05, 0.1) is 7.11 Å². The summed E-state index contributed by atoms with van der Waals surface area (Å²) in [5.74, 6) is 1.01. The zero-order chi connectivity index (χ0) is 19.9. The molecule has 1 aliphatic heterocycles. The second-order valence-corrected chi connectivity index (χ2v) is 6.65. The van der Waals surface area contributed by atoms with E-state index in [4.69, 9.17) is 9.47 Å². The first-order valence-electron chi connectivity index (χ1n) is 9.77. The summed E-state index contributed by atoms with van der Waals surface area (Å²) in [5, 5.41) is 13.4. The Bertz CT molecular complexity index is 801. The standard InChI is InChI=1S/C20H29N5O3/c1-4-25(5-2)10-11-28-18-12-14(6-7-17(18)27-3)22-20(26)19-15-13-21-9-8-16(15)23-24-19/h6-7,12,21H,4-5,8-11,13H2,1-3H3,(H,22,26)(H,23,24). The van der Waals surface area contributed by atoms with E-state index in [0.717, 1.165) is 43.9 Å². The number of anilines is 1. The number of hydrogen-bond acceptors (Lipinski definition) is 6. The third-order valence-electron chi connectivity index (χ3n) is 5.00. The Labute approximate surface area is 165 Å². The summed E-state index contributed by atoms with van der Waals surface area (Å²) >= 11 is 0. The molecular formula is C20H29N5O3. The van der Waals surface area contributed by atoms with Gasteiger partial charge in [-0.15, -0.1) is 0 Å². The molecule has 0 saturated heterocycles. The van der Waals surface area contributed by atoms with Crippen molar-refractivity contribution < 1.29 is 14.3 Å². The van der Waals surface area contributed by atoms with Crippen LogP contribution in [0.15, 0.2) is 18.2 Å². The average Bonchev–Trinajstić information content (AvgIpc) is 3.16. The number of nitrogens with one attached hydrogen (secondary N) is 3. The second-order valence-electron chi connectivity index (χ2n) is 6.65. The van der Waals surface area contributed by atoms with Crippen molar-refractivity contribution in [2.75, 3.05) is 45.2 Å². The molecule has 8 nitrogen and oxygen atoms in total. The Hall–Kier alpha value is -2.58. The van der Waals surface area contributed by atoms with Crippen molar-refractivity contribution in [1.29, 1.82) is 0 Å². The van der Waals surface area contributed by atoms with E-state index in [2.05, 4.69) is 39.6 Å². The Morgan fingerprint density at radius 1 is 1.29 bits per heavy atom. The van der Waals surface area contributed by atoms with E-state index in [1.165, 1.54) is 0 Å². The number of carbonyl (C=O) groups is 1. The van der Waals surface area contributed by atoms with Crippen LogP contribution in [0.4, 0.5) is 5.69 Å². The number of H-pyrrole nitrogens is 1. The molecule has 28 heavy (non-hydrogen) atoms. The largest absolute Gasteiger partial charge is 0.493 e. The summed E-state index contributed by atoms with van der Waals surface area (Å²) in [6.45, 7) is 9.14. The van der Waals surface area contributed by atoms with Gasteiger partial charge in [0, 0.05) is 49.1 Å². The first kappa shape index (κ1) is 20.2. The van der Waals surface area contributed by atoms with Crippen LogP contribution in [-0.2, 0) is 13.0 Å². The van der Waals surface area contributed by atoms with Crippen LogP contribution in [0.5, 0.6) is 11.5 Å². The third kappa shape index (κ3) is 4.63. The number of methoxy groups -OCH3 is 1. The van der Waals surface area contributed by atoms with Gasteiger partial charge in [0.15, 0.2) is 17.2 Å². The van der Waals surface area contributed by atoms with Gasteiger partial charge < -0.3 is 25.0 Å². The molecule has 3 N–H and O–H groups in total. The van der Waals surface area contributed by atoms with Crippen LogP contribution in [0.3, 0.4) is 0 Å². The smallest absolute Gasteiger partial charge is 0.276 e. The number of amides is 1. The van der Waals surface area contributed by atoms with Crippen molar-refractivity contribution in [3.63, 3.8) is 0 Å². The van der Waals surface area contributed by atoms with Gasteiger partial charge in [-0.05, 0) is 25.2 Å². The molecule has 2 heterocycles. The van der Waals surface area contributed by atoms with Crippen molar-refractivity contribution in [3.05, 3.63) is 35.2 Å². The summed E-state index contributed by atoms with van der Waals surface area (Å²) in [7, 11) is 1.61. The normalized spacial score (nSPS) is 13.3. The number of carbonyl (C=O) groups excluding carboxylic acids is 1. The van der Waals surface area contributed by atoms with E-state index in [-0.39, 0.29) is 5.91 Å². The van der Waals surface area contributed by atoms with E-state index in [1.54, 1.807) is 25.3 Å². The van der Waals surface area contributed by atoms with Gasteiger partial charge >= 0.3 is 0 Å². The number of aromatic nitrogens is 2. The number of benzene rings is 1. The molecule has 8 heteroatoms. The minimum atomic E-state index is -0.236. The van der Waals surface area contributed by atoms with Crippen molar-refractivity contribution in [2.24, 2.45) is 0 Å². The van der Waals surface area contributed by atoms with Crippen LogP contribution in [0.25, 0.3) is 0 Å². The predicted octanol–water partition coefficient (Wildman–Crippen LogP) is 2.04. The first-order valence-corrected chi connectivity index (χ1v) is 9.77. The monoisotopic (exact) mass is 387 g/mol. The van der Waals surface area contributed by atoms with Crippen molar-refractivity contribution >= 4 is 11.6 Å². The number of hydrogen-bond donors (Lipinski definition) is 3. The second kappa shape index (κ2) is 9.57. The van der Waals surface area contributed by atoms with E-state index in [1.807, 2.05) is 0 Å². The highest BCUT2D eigenvalue weighted by molar-refractivity contribution is 6.04. The fourth-order valence-electron chi connectivity index (χ4n) is 3.30. The van der Waals surface area contributed by atoms with Gasteiger partial charge in [-0.3, -0.25) is 9.89 Å². The van der Waals surface area contributed by atoms with E-state index in [0.29, 0.717) is 36.0 Å². The number of ether oxygens (including phenoxy) is 2. The summed E-state index contributed by atoms with van der Waals surface area (Å²) < 4.78 is 11.3. The molecule has 1 aliphatic rings. The number of fused-ring (bicyclic) bond motifs is 1. The van der Waals surface area contributed by atoms with Gasteiger partial charge in [0.1, 0.15) is 6.61 Å². The molecular weight excluding hydrogens is 358 g/mol. The van der Waals surface area contributed by atoms with Crippen molar-refractivity contribution in [3.8, 4) is 11.5 Å². The van der Waals surface area contributed by atoms with Crippen LogP contribution in [0.2, 0.25) is 0 Å². The molecule has 0 saturated carbocycles. The van der Waals surface area contributed by atoms with E-state index in [9.17, 15) is 4.79 Å². The molecule has 1 amide bonds. The first-order chi connectivity index (χ1) is 13.7. The molecule has 0 fully saturated rings. The fraction of sp³-hybridized carbons (Fsp3) is 0.500. The number of nitrogens with zero attached hydrogens (tertiary/aromatic N) is 2. The maximum Gasteiger partial charge on any atom is 0.276 e. The maximum atomic E-state index is 12.7. The molecule has 0 unspecified atom stereocenters. The minimum Gasteiger partial charge on any atom is -0.493 e. The number of aromatic amines is 1. The summed E-state index contributed by atoms with van der Waals surface area (Å²) in [4.78, 5) is 15.0. The Morgan fingerprint density at radius 2 is 2.11 bits per heavy atom. The zero-order valence-electron chi connectivity index (χ0n) is 16.8. The van der Waals surface area contributed by atoms with Crippen LogP contribution in [0.1, 0.15) is 35.6 Å². The molecule has 0 bridgehead atoms. The zero-order valence-corrected chi connectivity index (χ0v) is 16.8. The van der Waals surface area contributed by atoms with Crippen LogP contribution < -0.4 is 20.1 Å². The molecule has 2 aromatic rings. The number of likely N-dealkylation sites (N-methyl/N-ethyl adjacent to an activating group) is 1. The molecule has 1 aromatic carbocycles. The van der Waals surface area contributed by atoms with E-state index < -0.39 is 0 Å². The van der Waals surface area contributed by atoms with Gasteiger partial charge in [-0.1, -0.05) is 13.8 Å². The molecule has 0 spiro atoms. The maximum absolute atomic E-state index is 12.7. The highest BCUT2D eigenvalue weighted by Crippen LogP contribution is 2.30. The van der Waals surface area contributed by atoms with E-state index >= 15 is 0 Å². The lowest BCUT2D eigenvalue weighted by Crippen LogP contribution is -2.28. The molecule has 3 rings (SSSR count). The Kier molecular flexibility index (Phi) is 6.89. The summed E-state index contributed by atoms with van der Waals surface area (Å²) in [6, 6.07) is 5.38. The van der Waals surface area contributed by atoms with Crippen LogP contribution >= 0.6 is 0 Å². The van der Waals surface area contributed by atoms with Gasteiger partial charge in [-0.2, -0.15) is 5.10 Å². The lowest BCUT2D eigenvalue weighted by Gasteiger charge is -2.19. The molecule has 1 aromatic heterocycles. The molecule has 0 aliphatic carbocycles. The molecule has 152 valence electrons. The van der Waals surface area contributed by atoms with Gasteiger partial charge in [0.25, 0.3) is 5.91 Å². The quantitative estimate of drug-likeness (QED) is 0.610. The highest BCUT2D eigenvalue weighted by Gasteiger charge is 2.22. The molecule has 0 atom stereocenters. The van der Waals surface area contributed by atoms with Crippen molar-refractivity contribution in [2.45, 2.75) is 26.8 Å². The summed E-state index contributed by atoms with van der Waals surface area (Å²) in [6.07, 6.45) is 0.850. The summed E-state index contributed by atoms with van der Waals surface area (Å²) in [5.41, 5.74) is 3.04. The van der Waals surface area contributed by atoms with Gasteiger partial charge in [-0.25, -0.2) is 0 Å². The molecule has 0 radical (unpaired) electrons.